The Balaban J connectivity index is 0.000000192. The van der Waals surface area contributed by atoms with Crippen LogP contribution >= 0.6 is 0 Å². The molecule has 2 bridgehead atoms. The van der Waals surface area contributed by atoms with Gasteiger partial charge >= 0.3 is 11.9 Å². The lowest BCUT2D eigenvalue weighted by molar-refractivity contribution is -0.159. The number of carboxylic acid groups (broad SMARTS) is 2. The Kier molecular flexibility index (Phi) is 3.79. The largest absolute Gasteiger partial charge is 0.473 e. The van der Waals surface area contributed by atoms with Crippen LogP contribution in [0.2, 0.25) is 0 Å². The van der Waals surface area contributed by atoms with Crippen LogP contribution in [0.4, 0.5) is 0 Å². The van der Waals surface area contributed by atoms with Gasteiger partial charge in [-0.2, -0.15) is 0 Å². The molecule has 2 aliphatic heterocycles. The molecule has 8 heteroatoms. The van der Waals surface area contributed by atoms with E-state index in [4.69, 9.17) is 24.2 Å². The van der Waals surface area contributed by atoms with Gasteiger partial charge < -0.3 is 19.5 Å². The van der Waals surface area contributed by atoms with Gasteiger partial charge in [-0.3, -0.25) is 0 Å². The second-order valence-corrected chi connectivity index (χ2v) is 4.76. The summed E-state index contributed by atoms with van der Waals surface area (Å²) in [6.45, 7) is 3.56. The van der Waals surface area contributed by atoms with Crippen LogP contribution < -0.4 is 0 Å². The maximum atomic E-state index is 9.10. The van der Waals surface area contributed by atoms with Gasteiger partial charge in [-0.25, -0.2) is 9.59 Å². The Morgan fingerprint density at radius 2 is 2.00 bits per heavy atom. The number of hydrogen-bond donors (Lipinski definition) is 2. The first-order chi connectivity index (χ1) is 9.03. The molecule has 2 atom stereocenters. The molecule has 19 heavy (non-hydrogen) atoms. The minimum atomic E-state index is -1.82. The summed E-state index contributed by atoms with van der Waals surface area (Å²) in [6, 6.07) is 0. The molecule has 2 fully saturated rings. The van der Waals surface area contributed by atoms with Crippen molar-refractivity contribution in [3.8, 4) is 0 Å². The van der Waals surface area contributed by atoms with E-state index in [0.29, 0.717) is 0 Å². The van der Waals surface area contributed by atoms with Crippen LogP contribution in [0.5, 0.6) is 0 Å². The van der Waals surface area contributed by atoms with Crippen LogP contribution in [0.25, 0.3) is 0 Å². The Bertz CT molecular complexity index is 445. The second-order valence-electron chi connectivity index (χ2n) is 4.76. The minimum Gasteiger partial charge on any atom is -0.473 e. The quantitative estimate of drug-likeness (QED) is 0.682. The lowest BCUT2D eigenvalue weighted by Gasteiger charge is -2.30. The van der Waals surface area contributed by atoms with E-state index in [2.05, 4.69) is 15.1 Å². The van der Waals surface area contributed by atoms with Gasteiger partial charge in [0.25, 0.3) is 0 Å². The summed E-state index contributed by atoms with van der Waals surface area (Å²) < 4.78 is 5.35. The molecular formula is C11H15N3O5. The number of carbonyl (C=O) groups is 2. The summed E-state index contributed by atoms with van der Waals surface area (Å²) in [5.74, 6) is -2.79. The third-order valence-electron chi connectivity index (χ3n) is 3.56. The van der Waals surface area contributed by atoms with Crippen LogP contribution in [0.15, 0.2) is 10.8 Å². The first-order valence-electron chi connectivity index (χ1n) is 5.99. The fraction of sp³-hybridized carbons (Fsp3) is 0.636. The van der Waals surface area contributed by atoms with E-state index in [1.807, 2.05) is 0 Å². The van der Waals surface area contributed by atoms with E-state index in [1.54, 1.807) is 0 Å². The number of aromatic nitrogens is 2. The molecule has 0 amide bonds. The van der Waals surface area contributed by atoms with Crippen molar-refractivity contribution in [2.45, 2.75) is 24.7 Å². The average Bonchev–Trinajstić information content (AvgIpc) is 3.00. The molecule has 0 aromatic carbocycles. The van der Waals surface area contributed by atoms with E-state index in [9.17, 15) is 0 Å². The highest BCUT2D eigenvalue weighted by atomic mass is 16.4. The molecular weight excluding hydrogens is 254 g/mol. The van der Waals surface area contributed by atoms with E-state index in [-0.39, 0.29) is 5.41 Å². The predicted octanol–water partition coefficient (Wildman–Crippen LogP) is -0.0375. The minimum absolute atomic E-state index is 0.203. The van der Waals surface area contributed by atoms with E-state index in [1.165, 1.54) is 38.7 Å². The Morgan fingerprint density at radius 1 is 1.26 bits per heavy atom. The summed E-state index contributed by atoms with van der Waals surface area (Å²) >= 11 is 0. The smallest absolute Gasteiger partial charge is 0.414 e. The van der Waals surface area contributed by atoms with Gasteiger partial charge in [0.15, 0.2) is 0 Å². The molecule has 0 spiro atoms. The highest BCUT2D eigenvalue weighted by Gasteiger charge is 2.45. The van der Waals surface area contributed by atoms with Crippen molar-refractivity contribution in [1.82, 2.24) is 15.1 Å². The highest BCUT2D eigenvalue weighted by Crippen LogP contribution is 2.40. The molecule has 2 aliphatic rings. The van der Waals surface area contributed by atoms with Crippen LogP contribution in [-0.2, 0) is 15.0 Å². The average molecular weight is 269 g/mol. The monoisotopic (exact) mass is 269 g/mol. The van der Waals surface area contributed by atoms with Crippen molar-refractivity contribution in [2.24, 2.45) is 0 Å². The summed E-state index contributed by atoms with van der Waals surface area (Å²) in [6.07, 6.45) is 5.12. The molecule has 1 aromatic rings. The number of piperidine rings is 1. The standard InChI is InChI=1S/C9H13N3O.C2H2O4/c1-2-9(8-11-10-7-13-8)3-5-12(4-1)6-9;3-1(4)2(5)6/h7H,1-6H2;(H,3,4)(H,5,6). The molecule has 0 saturated carbocycles. The molecule has 1 aromatic heterocycles. The van der Waals surface area contributed by atoms with Gasteiger partial charge in [-0.1, -0.05) is 0 Å². The van der Waals surface area contributed by atoms with Crippen LogP contribution in [-0.4, -0.2) is 56.9 Å². The van der Waals surface area contributed by atoms with Crippen molar-refractivity contribution >= 4 is 11.9 Å². The van der Waals surface area contributed by atoms with Gasteiger partial charge in [-0.15, -0.1) is 10.2 Å². The van der Waals surface area contributed by atoms with Gasteiger partial charge in [-0.05, 0) is 32.4 Å². The van der Waals surface area contributed by atoms with Gasteiger partial charge in [0.1, 0.15) is 0 Å². The van der Waals surface area contributed by atoms with Gasteiger partial charge in [0.2, 0.25) is 12.3 Å². The number of aliphatic carboxylic acids is 2. The number of nitrogens with zero attached hydrogens (tertiary/aromatic N) is 3. The fourth-order valence-corrected chi connectivity index (χ4v) is 2.68. The lowest BCUT2D eigenvalue weighted by atomic mass is 9.81. The maximum Gasteiger partial charge on any atom is 0.414 e. The molecule has 2 saturated heterocycles. The lowest BCUT2D eigenvalue weighted by Crippen LogP contribution is -2.37. The zero-order valence-electron chi connectivity index (χ0n) is 10.3. The Hall–Kier alpha value is -1.96. The third kappa shape index (κ3) is 2.90. The first-order valence-corrected chi connectivity index (χ1v) is 5.99. The van der Waals surface area contributed by atoms with Gasteiger partial charge in [0.05, 0.1) is 5.41 Å². The fourth-order valence-electron chi connectivity index (χ4n) is 2.68. The van der Waals surface area contributed by atoms with E-state index < -0.39 is 11.9 Å². The SMILES string of the molecule is O=C(O)C(=O)O.c1nnc(C23CCCN(CC2)C3)o1. The third-order valence-corrected chi connectivity index (χ3v) is 3.56. The zero-order chi connectivity index (χ0) is 13.9. The number of fused-ring (bicyclic) bond motifs is 2. The molecule has 3 heterocycles. The molecule has 3 rings (SSSR count). The first kappa shape index (κ1) is 13.5. The van der Waals surface area contributed by atoms with Crippen molar-refractivity contribution < 1.29 is 24.2 Å². The number of hydrogen-bond acceptors (Lipinski definition) is 6. The normalized spacial score (nSPS) is 28.3. The van der Waals surface area contributed by atoms with Gasteiger partial charge in [0, 0.05) is 6.54 Å². The van der Waals surface area contributed by atoms with Crippen LogP contribution in [0.1, 0.15) is 25.2 Å². The van der Waals surface area contributed by atoms with Crippen LogP contribution in [0.3, 0.4) is 0 Å². The molecule has 8 nitrogen and oxygen atoms in total. The Labute approximate surface area is 109 Å². The van der Waals surface area contributed by atoms with Crippen molar-refractivity contribution in [1.29, 1.82) is 0 Å². The topological polar surface area (TPSA) is 117 Å². The van der Waals surface area contributed by atoms with Crippen molar-refractivity contribution in [2.75, 3.05) is 19.6 Å². The van der Waals surface area contributed by atoms with Crippen molar-refractivity contribution in [3.63, 3.8) is 0 Å². The number of carboxylic acids is 2. The molecule has 2 N–H and O–H groups in total. The summed E-state index contributed by atoms with van der Waals surface area (Å²) in [4.78, 5) is 20.7. The van der Waals surface area contributed by atoms with Crippen molar-refractivity contribution in [3.05, 3.63) is 12.3 Å². The summed E-state index contributed by atoms with van der Waals surface area (Å²) in [7, 11) is 0. The zero-order valence-corrected chi connectivity index (χ0v) is 10.3. The van der Waals surface area contributed by atoms with E-state index in [0.717, 1.165) is 12.4 Å². The molecule has 0 radical (unpaired) electrons. The highest BCUT2D eigenvalue weighted by molar-refractivity contribution is 6.27. The summed E-state index contributed by atoms with van der Waals surface area (Å²) in [5, 5.41) is 22.6. The molecule has 104 valence electrons. The second kappa shape index (κ2) is 5.35. The van der Waals surface area contributed by atoms with Crippen LogP contribution in [0, 0.1) is 0 Å². The Morgan fingerprint density at radius 3 is 2.58 bits per heavy atom. The summed E-state index contributed by atoms with van der Waals surface area (Å²) in [5.41, 5.74) is 0.203. The number of rotatable bonds is 1. The van der Waals surface area contributed by atoms with E-state index >= 15 is 0 Å². The maximum absolute atomic E-state index is 9.10. The predicted molar refractivity (Wildman–Crippen MR) is 61.5 cm³/mol. The molecule has 0 aliphatic carbocycles. The molecule has 2 unspecified atom stereocenters.